The van der Waals surface area contributed by atoms with Crippen LogP contribution in [0.5, 0.6) is 5.75 Å². The Morgan fingerprint density at radius 2 is 1.85 bits per heavy atom. The predicted molar refractivity (Wildman–Crippen MR) is 117 cm³/mol. The van der Waals surface area contributed by atoms with Gasteiger partial charge in [-0.15, -0.1) is 0 Å². The van der Waals surface area contributed by atoms with Crippen molar-refractivity contribution in [3.05, 3.63) is 59.7 Å². The second kappa shape index (κ2) is 9.72. The summed E-state index contributed by atoms with van der Waals surface area (Å²) in [5.74, 6) is 0.890. The van der Waals surface area contributed by atoms with E-state index in [1.165, 1.54) is 30.4 Å². The first-order valence-corrected chi connectivity index (χ1v) is 10.1. The average Bonchev–Trinajstić information content (AvgIpc) is 2.69. The quantitative estimate of drug-likeness (QED) is 0.718. The van der Waals surface area contributed by atoms with E-state index in [-0.39, 0.29) is 0 Å². The molecule has 1 aliphatic rings. The van der Waals surface area contributed by atoms with Gasteiger partial charge in [0, 0.05) is 12.2 Å². The van der Waals surface area contributed by atoms with Gasteiger partial charge in [0.2, 0.25) is 0 Å². The van der Waals surface area contributed by atoms with Crippen LogP contribution in [0.3, 0.4) is 0 Å². The van der Waals surface area contributed by atoms with Gasteiger partial charge in [-0.25, -0.2) is 0 Å². The van der Waals surface area contributed by atoms with Crippen LogP contribution >= 0.6 is 12.2 Å². The summed E-state index contributed by atoms with van der Waals surface area (Å²) in [6, 6.07) is 16.9. The number of ether oxygens (including phenoxy) is 1. The molecule has 27 heavy (non-hydrogen) atoms. The van der Waals surface area contributed by atoms with Gasteiger partial charge in [0.15, 0.2) is 5.11 Å². The van der Waals surface area contributed by atoms with Gasteiger partial charge in [-0.3, -0.25) is 4.90 Å². The minimum atomic E-state index is 0.300. The number of likely N-dealkylation sites (tertiary alicyclic amines) is 1. The van der Waals surface area contributed by atoms with E-state index in [4.69, 9.17) is 17.0 Å². The largest absolute Gasteiger partial charge is 0.497 e. The first-order valence-electron chi connectivity index (χ1n) is 9.65. The van der Waals surface area contributed by atoms with Crippen molar-refractivity contribution in [1.29, 1.82) is 0 Å². The molecule has 1 saturated heterocycles. The highest BCUT2D eigenvalue weighted by Crippen LogP contribution is 2.26. The van der Waals surface area contributed by atoms with Gasteiger partial charge in [-0.05, 0) is 80.5 Å². The Bertz CT molecular complexity index is 741. The molecule has 2 aromatic carbocycles. The van der Waals surface area contributed by atoms with E-state index >= 15 is 0 Å². The van der Waals surface area contributed by atoms with Gasteiger partial charge in [0.05, 0.1) is 13.2 Å². The van der Waals surface area contributed by atoms with Crippen LogP contribution in [0.2, 0.25) is 0 Å². The van der Waals surface area contributed by atoms with Crippen molar-refractivity contribution < 1.29 is 4.74 Å². The van der Waals surface area contributed by atoms with Crippen LogP contribution in [0, 0.1) is 6.92 Å². The van der Waals surface area contributed by atoms with Crippen LogP contribution in [0.25, 0.3) is 0 Å². The smallest absolute Gasteiger partial charge is 0.170 e. The summed E-state index contributed by atoms with van der Waals surface area (Å²) in [4.78, 5) is 2.56. The van der Waals surface area contributed by atoms with Crippen LogP contribution in [0.15, 0.2) is 48.5 Å². The van der Waals surface area contributed by atoms with Crippen LogP contribution in [-0.2, 0) is 0 Å². The molecule has 0 aliphatic carbocycles. The summed E-state index contributed by atoms with van der Waals surface area (Å²) in [6.07, 6.45) is 3.85. The first kappa shape index (κ1) is 19.6. The zero-order valence-electron chi connectivity index (χ0n) is 16.2. The third-order valence-corrected chi connectivity index (χ3v) is 5.31. The Labute approximate surface area is 167 Å². The summed E-state index contributed by atoms with van der Waals surface area (Å²) >= 11 is 5.53. The molecule has 1 fully saturated rings. The highest BCUT2D eigenvalue weighted by Gasteiger charge is 2.22. The van der Waals surface area contributed by atoms with Gasteiger partial charge in [-0.2, -0.15) is 0 Å². The van der Waals surface area contributed by atoms with Crippen molar-refractivity contribution in [2.75, 3.05) is 32.1 Å². The molecule has 0 amide bonds. The van der Waals surface area contributed by atoms with Crippen LogP contribution in [0.1, 0.15) is 36.4 Å². The van der Waals surface area contributed by atoms with E-state index < -0.39 is 0 Å². The summed E-state index contributed by atoms with van der Waals surface area (Å²) in [5, 5.41) is 7.38. The third-order valence-electron chi connectivity index (χ3n) is 5.06. The molecule has 0 unspecified atom stereocenters. The number of aryl methyl sites for hydroxylation is 1. The first-order chi connectivity index (χ1) is 13.2. The average molecular weight is 384 g/mol. The molecule has 3 rings (SSSR count). The van der Waals surface area contributed by atoms with E-state index in [0.29, 0.717) is 11.2 Å². The Morgan fingerprint density at radius 3 is 2.52 bits per heavy atom. The fraction of sp³-hybridized carbons (Fsp3) is 0.409. The van der Waals surface area contributed by atoms with Crippen molar-refractivity contribution in [2.45, 2.75) is 32.2 Å². The SMILES string of the molecule is COc1ccc([C@@H](CNC(=S)Nc2cccc(C)c2)N2CCCCC2)cc1. The lowest BCUT2D eigenvalue weighted by atomic mass is 10.0. The fourth-order valence-corrected chi connectivity index (χ4v) is 3.80. The Hall–Kier alpha value is -2.11. The number of rotatable bonds is 6. The number of methoxy groups -OCH3 is 1. The molecule has 0 radical (unpaired) electrons. The molecule has 4 nitrogen and oxygen atoms in total. The normalized spacial score (nSPS) is 15.8. The van der Waals surface area contributed by atoms with E-state index in [1.54, 1.807) is 7.11 Å². The van der Waals surface area contributed by atoms with Gasteiger partial charge in [-0.1, -0.05) is 30.7 Å². The van der Waals surface area contributed by atoms with Gasteiger partial charge < -0.3 is 15.4 Å². The number of nitrogens with one attached hydrogen (secondary N) is 2. The number of benzene rings is 2. The molecule has 0 bridgehead atoms. The second-order valence-corrected chi connectivity index (χ2v) is 7.50. The second-order valence-electron chi connectivity index (χ2n) is 7.09. The molecule has 0 aromatic heterocycles. The zero-order chi connectivity index (χ0) is 19.1. The molecular formula is C22H29N3OS. The van der Waals surface area contributed by atoms with E-state index in [9.17, 15) is 0 Å². The Morgan fingerprint density at radius 1 is 1.11 bits per heavy atom. The van der Waals surface area contributed by atoms with E-state index in [2.05, 4.69) is 46.7 Å². The minimum absolute atomic E-state index is 0.300. The lowest BCUT2D eigenvalue weighted by Gasteiger charge is -2.35. The maximum absolute atomic E-state index is 5.53. The number of anilines is 1. The highest BCUT2D eigenvalue weighted by atomic mass is 32.1. The molecule has 1 atom stereocenters. The molecule has 144 valence electrons. The van der Waals surface area contributed by atoms with Crippen molar-refractivity contribution in [3.63, 3.8) is 0 Å². The molecule has 1 heterocycles. The van der Waals surface area contributed by atoms with Crippen LogP contribution < -0.4 is 15.4 Å². The predicted octanol–water partition coefficient (Wildman–Crippen LogP) is 4.52. The van der Waals surface area contributed by atoms with Crippen molar-refractivity contribution >= 4 is 23.0 Å². The topological polar surface area (TPSA) is 36.5 Å². The molecule has 2 N–H and O–H groups in total. The van der Waals surface area contributed by atoms with Gasteiger partial charge in [0.25, 0.3) is 0 Å². The van der Waals surface area contributed by atoms with Gasteiger partial charge in [0.1, 0.15) is 5.75 Å². The van der Waals surface area contributed by atoms with Crippen molar-refractivity contribution in [3.8, 4) is 5.75 Å². The number of thiocarbonyl (C=S) groups is 1. The number of hydrogen-bond donors (Lipinski definition) is 2. The summed E-state index contributed by atoms with van der Waals surface area (Å²) in [7, 11) is 1.70. The van der Waals surface area contributed by atoms with E-state index in [1.807, 2.05) is 24.3 Å². The van der Waals surface area contributed by atoms with Crippen molar-refractivity contribution in [2.24, 2.45) is 0 Å². The van der Waals surface area contributed by atoms with Crippen LogP contribution in [0.4, 0.5) is 5.69 Å². The molecular weight excluding hydrogens is 354 g/mol. The maximum Gasteiger partial charge on any atom is 0.170 e. The summed E-state index contributed by atoms with van der Waals surface area (Å²) < 4.78 is 5.31. The molecule has 2 aromatic rings. The van der Waals surface area contributed by atoms with Crippen molar-refractivity contribution in [1.82, 2.24) is 10.2 Å². The fourth-order valence-electron chi connectivity index (χ4n) is 3.60. The highest BCUT2D eigenvalue weighted by molar-refractivity contribution is 7.80. The lowest BCUT2D eigenvalue weighted by Crippen LogP contribution is -2.41. The molecule has 0 saturated carbocycles. The summed E-state index contributed by atoms with van der Waals surface area (Å²) in [5.41, 5.74) is 3.53. The number of nitrogens with zero attached hydrogens (tertiary/aromatic N) is 1. The van der Waals surface area contributed by atoms with Crippen LogP contribution in [-0.4, -0.2) is 36.8 Å². The monoisotopic (exact) mass is 383 g/mol. The Kier molecular flexibility index (Phi) is 7.07. The zero-order valence-corrected chi connectivity index (χ0v) is 17.0. The molecule has 1 aliphatic heterocycles. The number of piperidine rings is 1. The summed E-state index contributed by atoms with van der Waals surface area (Å²) in [6.45, 7) is 5.13. The standard InChI is InChI=1S/C22H29N3OS/c1-17-7-6-8-19(15-17)24-22(27)23-16-21(25-13-4-3-5-14-25)18-9-11-20(26-2)12-10-18/h6-12,15,21H,3-5,13-14,16H2,1-2H3,(H2,23,24,27)/t21-/m1/s1. The Balaban J connectivity index is 1.65. The number of hydrogen-bond acceptors (Lipinski definition) is 3. The van der Waals surface area contributed by atoms with E-state index in [0.717, 1.165) is 31.1 Å². The molecule has 0 spiro atoms. The lowest BCUT2D eigenvalue weighted by molar-refractivity contribution is 0.164. The minimum Gasteiger partial charge on any atom is -0.497 e. The molecule has 5 heteroatoms. The van der Waals surface area contributed by atoms with Gasteiger partial charge >= 0.3 is 0 Å². The maximum atomic E-state index is 5.53. The third kappa shape index (κ3) is 5.68.